The van der Waals surface area contributed by atoms with E-state index in [0.29, 0.717) is 24.5 Å². The van der Waals surface area contributed by atoms with Crippen molar-refractivity contribution in [3.63, 3.8) is 0 Å². The van der Waals surface area contributed by atoms with Crippen molar-refractivity contribution >= 4 is 17.7 Å². The maximum Gasteiger partial charge on any atom is 0.408 e. The van der Waals surface area contributed by atoms with E-state index in [-0.39, 0.29) is 17.5 Å². The van der Waals surface area contributed by atoms with Gasteiger partial charge in [0.2, 0.25) is 5.91 Å². The van der Waals surface area contributed by atoms with Gasteiger partial charge in [-0.25, -0.2) is 14.8 Å². The molecule has 4 rings (SSSR count). The summed E-state index contributed by atoms with van der Waals surface area (Å²) in [5.74, 6) is 0.264. The van der Waals surface area contributed by atoms with Crippen LogP contribution in [0.15, 0.2) is 30.6 Å². The number of fused-ring (bicyclic) bond motifs is 2. The second-order valence-electron chi connectivity index (χ2n) is 9.41. The lowest BCUT2D eigenvalue weighted by Crippen LogP contribution is -2.45. The number of ether oxygens (including phenoxy) is 3. The Hall–Kier alpha value is -3.20. The number of rotatable bonds is 6. The fourth-order valence-electron chi connectivity index (χ4n) is 3.95. The van der Waals surface area contributed by atoms with Gasteiger partial charge in [0.25, 0.3) is 0 Å². The molecule has 2 N–H and O–H groups in total. The van der Waals surface area contributed by atoms with Crippen molar-refractivity contribution in [2.75, 3.05) is 5.32 Å². The van der Waals surface area contributed by atoms with Crippen molar-refractivity contribution in [1.29, 1.82) is 0 Å². The highest BCUT2D eigenvalue weighted by atomic mass is 16.6. The summed E-state index contributed by atoms with van der Waals surface area (Å²) in [5, 5.41) is 5.28. The first kappa shape index (κ1) is 23.0. The number of hydrogen-bond donors (Lipinski definition) is 2. The van der Waals surface area contributed by atoms with Crippen LogP contribution in [0, 0.1) is 0 Å². The molecule has 2 heterocycles. The third-order valence-electron chi connectivity index (χ3n) is 5.76. The molecule has 1 aliphatic carbocycles. The van der Waals surface area contributed by atoms with Crippen LogP contribution >= 0.6 is 0 Å². The number of nitrogens with one attached hydrogen (secondary N) is 2. The van der Waals surface area contributed by atoms with Gasteiger partial charge in [0.15, 0.2) is 0 Å². The van der Waals surface area contributed by atoms with Gasteiger partial charge in [0.1, 0.15) is 17.4 Å². The molecule has 1 unspecified atom stereocenters. The molecule has 1 atom stereocenters. The number of aromatic nitrogens is 2. The Labute approximate surface area is 193 Å². The summed E-state index contributed by atoms with van der Waals surface area (Å²) in [4.78, 5) is 32.9. The smallest absolute Gasteiger partial charge is 0.408 e. The molecular formula is C24H30N4O5. The van der Waals surface area contributed by atoms with E-state index >= 15 is 0 Å². The average molecular weight is 455 g/mol. The van der Waals surface area contributed by atoms with Gasteiger partial charge in [0.05, 0.1) is 30.3 Å². The summed E-state index contributed by atoms with van der Waals surface area (Å²) in [6, 6.07) is 5.34. The van der Waals surface area contributed by atoms with Crippen LogP contribution in [0.25, 0.3) is 0 Å². The number of amides is 2. The normalized spacial score (nSPS) is 17.0. The number of carbonyl (C=O) groups is 2. The first-order chi connectivity index (χ1) is 15.7. The zero-order valence-corrected chi connectivity index (χ0v) is 19.4. The molecule has 1 aromatic carbocycles. The van der Waals surface area contributed by atoms with E-state index in [1.165, 1.54) is 29.9 Å². The first-order valence-electron chi connectivity index (χ1n) is 11.2. The van der Waals surface area contributed by atoms with Crippen LogP contribution in [0.2, 0.25) is 0 Å². The number of carbonyl (C=O) groups excluding carboxylic acids is 2. The van der Waals surface area contributed by atoms with Crippen LogP contribution in [0.1, 0.15) is 64.5 Å². The number of benzene rings is 1. The Balaban J connectivity index is 1.35. The van der Waals surface area contributed by atoms with Crippen LogP contribution in [-0.4, -0.2) is 33.6 Å². The van der Waals surface area contributed by atoms with Crippen molar-refractivity contribution in [3.8, 4) is 11.8 Å². The first-order valence-corrected chi connectivity index (χ1v) is 11.2. The molecule has 1 saturated carbocycles. The Morgan fingerprint density at radius 3 is 2.55 bits per heavy atom. The van der Waals surface area contributed by atoms with E-state index in [1.54, 1.807) is 27.7 Å². The quantitative estimate of drug-likeness (QED) is 0.664. The van der Waals surface area contributed by atoms with E-state index in [2.05, 4.69) is 20.6 Å². The Bertz CT molecular complexity index is 1030. The van der Waals surface area contributed by atoms with E-state index in [0.717, 1.165) is 12.8 Å². The second-order valence-corrected chi connectivity index (χ2v) is 9.41. The zero-order valence-electron chi connectivity index (χ0n) is 19.4. The summed E-state index contributed by atoms with van der Waals surface area (Å²) < 4.78 is 17.1. The van der Waals surface area contributed by atoms with E-state index in [1.807, 2.05) is 18.2 Å². The molecule has 0 saturated heterocycles. The zero-order chi connectivity index (χ0) is 23.6. The van der Waals surface area contributed by atoms with Crippen LogP contribution in [-0.2, 0) is 26.5 Å². The molecule has 33 heavy (non-hydrogen) atoms. The van der Waals surface area contributed by atoms with Crippen LogP contribution in [0.3, 0.4) is 0 Å². The Kier molecular flexibility index (Phi) is 6.25. The standard InChI is InChI=1S/C24H30N4O5/c1-5-19(28-22(30)33-23(2,3)4)20(29)27-16-12-25-21(26-13-16)32-17-8-7-15-14-31-24(9-6-10-24)18(15)11-17/h7-8,11-13,19H,5-6,9-10,14H2,1-4H3,(H,27,29)(H,28,30). The largest absolute Gasteiger partial charge is 0.444 e. The van der Waals surface area contributed by atoms with Gasteiger partial charge in [-0.3, -0.25) is 4.79 Å². The molecular weight excluding hydrogens is 424 g/mol. The molecule has 1 aliphatic heterocycles. The summed E-state index contributed by atoms with van der Waals surface area (Å²) in [5.41, 5.74) is 2.00. The molecule has 2 amide bonds. The summed E-state index contributed by atoms with van der Waals surface area (Å²) in [6.45, 7) is 7.72. The maximum atomic E-state index is 12.5. The van der Waals surface area contributed by atoms with Crippen molar-refractivity contribution in [2.45, 2.75) is 77.2 Å². The van der Waals surface area contributed by atoms with E-state index < -0.39 is 17.7 Å². The lowest BCUT2D eigenvalue weighted by Gasteiger charge is -2.38. The number of anilines is 1. The molecule has 0 radical (unpaired) electrons. The monoisotopic (exact) mass is 454 g/mol. The summed E-state index contributed by atoms with van der Waals surface area (Å²) in [7, 11) is 0. The number of hydrogen-bond acceptors (Lipinski definition) is 7. The van der Waals surface area contributed by atoms with Crippen LogP contribution in [0.4, 0.5) is 10.5 Å². The molecule has 2 aliphatic rings. The van der Waals surface area contributed by atoms with Gasteiger partial charge in [-0.05, 0) is 69.7 Å². The minimum absolute atomic E-state index is 0.146. The van der Waals surface area contributed by atoms with Gasteiger partial charge in [-0.1, -0.05) is 13.0 Å². The molecule has 1 spiro atoms. The predicted molar refractivity (Wildman–Crippen MR) is 121 cm³/mol. The minimum atomic E-state index is -0.747. The second kappa shape index (κ2) is 8.97. The maximum absolute atomic E-state index is 12.5. The Morgan fingerprint density at radius 1 is 1.21 bits per heavy atom. The fourth-order valence-corrected chi connectivity index (χ4v) is 3.95. The van der Waals surface area contributed by atoms with Gasteiger partial charge in [-0.15, -0.1) is 0 Å². The van der Waals surface area contributed by atoms with Gasteiger partial charge < -0.3 is 24.8 Å². The lowest BCUT2D eigenvalue weighted by atomic mass is 9.75. The molecule has 1 aromatic heterocycles. The molecule has 2 aromatic rings. The van der Waals surface area contributed by atoms with Crippen molar-refractivity contribution in [1.82, 2.24) is 15.3 Å². The highest BCUT2D eigenvalue weighted by molar-refractivity contribution is 5.96. The molecule has 176 valence electrons. The van der Waals surface area contributed by atoms with Crippen molar-refractivity contribution in [3.05, 3.63) is 41.7 Å². The van der Waals surface area contributed by atoms with E-state index in [4.69, 9.17) is 14.2 Å². The third kappa shape index (κ3) is 5.24. The van der Waals surface area contributed by atoms with Gasteiger partial charge in [0, 0.05) is 0 Å². The SMILES string of the molecule is CCC(NC(=O)OC(C)(C)C)C(=O)Nc1cnc(Oc2ccc3c(c2)C2(CCC2)OC3)nc1. The summed E-state index contributed by atoms with van der Waals surface area (Å²) in [6.07, 6.45) is 5.93. The number of nitrogens with zero attached hydrogens (tertiary/aromatic N) is 2. The van der Waals surface area contributed by atoms with Crippen LogP contribution in [0.5, 0.6) is 11.8 Å². The van der Waals surface area contributed by atoms with Crippen molar-refractivity contribution in [2.24, 2.45) is 0 Å². The van der Waals surface area contributed by atoms with Crippen molar-refractivity contribution < 1.29 is 23.8 Å². The lowest BCUT2D eigenvalue weighted by molar-refractivity contribution is -0.118. The van der Waals surface area contributed by atoms with Crippen LogP contribution < -0.4 is 15.4 Å². The van der Waals surface area contributed by atoms with Gasteiger partial charge in [-0.2, -0.15) is 0 Å². The molecule has 9 nitrogen and oxygen atoms in total. The van der Waals surface area contributed by atoms with Gasteiger partial charge >= 0.3 is 12.1 Å². The minimum Gasteiger partial charge on any atom is -0.444 e. The fraction of sp³-hybridized carbons (Fsp3) is 0.500. The van der Waals surface area contributed by atoms with E-state index in [9.17, 15) is 9.59 Å². The molecule has 1 fully saturated rings. The molecule has 0 bridgehead atoms. The number of alkyl carbamates (subject to hydrolysis) is 1. The third-order valence-corrected chi connectivity index (χ3v) is 5.76. The predicted octanol–water partition coefficient (Wildman–Crippen LogP) is 4.42. The average Bonchev–Trinajstić information content (AvgIpc) is 3.11. The summed E-state index contributed by atoms with van der Waals surface area (Å²) >= 11 is 0. The Morgan fingerprint density at radius 2 is 1.94 bits per heavy atom. The highest BCUT2D eigenvalue weighted by Crippen LogP contribution is 2.51. The highest BCUT2D eigenvalue weighted by Gasteiger charge is 2.45. The molecule has 9 heteroatoms. The topological polar surface area (TPSA) is 112 Å².